The smallest absolute Gasteiger partial charge is 0.291 e. The Morgan fingerprint density at radius 2 is 1.69 bits per heavy atom. The predicted molar refractivity (Wildman–Crippen MR) is 107 cm³/mol. The van der Waals surface area contributed by atoms with Crippen molar-refractivity contribution >= 4 is 22.4 Å². The molecular weight excluding hydrogens is 397 g/mol. The zero-order chi connectivity index (χ0) is 20.5. The number of nitrogens with zero attached hydrogens (tertiary/aromatic N) is 3. The average molecular weight is 413 g/mol. The first-order chi connectivity index (χ1) is 14.0. The maximum atomic E-state index is 13.1. The van der Waals surface area contributed by atoms with Gasteiger partial charge in [0, 0.05) is 5.56 Å². The molecule has 0 aliphatic rings. The van der Waals surface area contributed by atoms with Crippen molar-refractivity contribution in [3.8, 4) is 28.6 Å². The molecule has 4 rings (SSSR count). The molecule has 2 aromatic carbocycles. The number of benzene rings is 2. The van der Waals surface area contributed by atoms with Crippen molar-refractivity contribution in [1.29, 1.82) is 0 Å². The largest absolute Gasteiger partial charge is 0.493 e. The minimum Gasteiger partial charge on any atom is -0.493 e. The van der Waals surface area contributed by atoms with Crippen LogP contribution in [0.15, 0.2) is 41.2 Å². The molecule has 7 nitrogen and oxygen atoms in total. The van der Waals surface area contributed by atoms with E-state index in [1.165, 1.54) is 49.3 Å². The Morgan fingerprint density at radius 1 is 1.03 bits per heavy atom. The van der Waals surface area contributed by atoms with Crippen molar-refractivity contribution in [1.82, 2.24) is 14.6 Å². The minimum atomic E-state index is -0.346. The van der Waals surface area contributed by atoms with Crippen molar-refractivity contribution in [2.45, 2.75) is 0 Å². The van der Waals surface area contributed by atoms with Gasteiger partial charge in [-0.25, -0.2) is 4.39 Å². The van der Waals surface area contributed by atoms with Gasteiger partial charge in [-0.05, 0) is 48.0 Å². The van der Waals surface area contributed by atoms with Crippen LogP contribution >= 0.6 is 11.3 Å². The van der Waals surface area contributed by atoms with E-state index in [1.54, 1.807) is 30.3 Å². The van der Waals surface area contributed by atoms with Crippen molar-refractivity contribution in [3.63, 3.8) is 0 Å². The predicted octanol–water partition coefficient (Wildman–Crippen LogP) is 2.53. The second kappa shape index (κ2) is 7.51. The summed E-state index contributed by atoms with van der Waals surface area (Å²) in [4.78, 5) is 17.6. The summed E-state index contributed by atoms with van der Waals surface area (Å²) in [6.07, 6.45) is 1.71. The van der Waals surface area contributed by atoms with Crippen LogP contribution in [0.5, 0.6) is 17.2 Å². The van der Waals surface area contributed by atoms with Gasteiger partial charge in [0.2, 0.25) is 10.7 Å². The van der Waals surface area contributed by atoms with Crippen LogP contribution in [0.4, 0.5) is 4.39 Å². The average Bonchev–Trinajstić information content (AvgIpc) is 3.27. The number of fused-ring (bicyclic) bond motifs is 1. The molecule has 0 unspecified atom stereocenters. The second-order valence-electron chi connectivity index (χ2n) is 6.01. The van der Waals surface area contributed by atoms with Crippen molar-refractivity contribution in [2.75, 3.05) is 21.3 Å². The van der Waals surface area contributed by atoms with Gasteiger partial charge in [0.25, 0.3) is 5.56 Å². The van der Waals surface area contributed by atoms with Crippen LogP contribution < -0.4 is 24.3 Å². The highest BCUT2D eigenvalue weighted by molar-refractivity contribution is 7.15. The Labute approximate surface area is 168 Å². The number of halogens is 1. The third-order valence-corrected chi connectivity index (χ3v) is 5.23. The van der Waals surface area contributed by atoms with E-state index in [1.807, 2.05) is 0 Å². The van der Waals surface area contributed by atoms with Gasteiger partial charge in [0.1, 0.15) is 5.82 Å². The number of ether oxygens (including phenoxy) is 3. The zero-order valence-electron chi connectivity index (χ0n) is 15.8. The Morgan fingerprint density at radius 3 is 2.24 bits per heavy atom. The molecule has 29 heavy (non-hydrogen) atoms. The SMILES string of the molecule is COc1cc(C=c2sc3nc(-c4ccc(F)cc4)nn3c2=O)cc(OC)c1OC. The lowest BCUT2D eigenvalue weighted by atomic mass is 10.1. The summed E-state index contributed by atoms with van der Waals surface area (Å²) < 4.78 is 30.8. The highest BCUT2D eigenvalue weighted by Gasteiger charge is 2.14. The van der Waals surface area contributed by atoms with E-state index in [4.69, 9.17) is 14.2 Å². The van der Waals surface area contributed by atoms with Crippen LogP contribution in [0.2, 0.25) is 0 Å². The minimum absolute atomic E-state index is 0.292. The fourth-order valence-electron chi connectivity index (χ4n) is 2.89. The lowest BCUT2D eigenvalue weighted by Crippen LogP contribution is -2.23. The molecule has 9 heteroatoms. The molecule has 4 aromatic rings. The van der Waals surface area contributed by atoms with Crippen LogP contribution in [-0.2, 0) is 0 Å². The molecule has 0 N–H and O–H groups in total. The molecule has 0 aliphatic carbocycles. The van der Waals surface area contributed by atoms with E-state index in [2.05, 4.69) is 10.1 Å². The molecule has 0 bridgehead atoms. The fourth-order valence-corrected chi connectivity index (χ4v) is 3.80. The van der Waals surface area contributed by atoms with Crippen LogP contribution in [-0.4, -0.2) is 35.9 Å². The summed E-state index contributed by atoms with van der Waals surface area (Å²) >= 11 is 1.21. The van der Waals surface area contributed by atoms with E-state index in [9.17, 15) is 9.18 Å². The summed E-state index contributed by atoms with van der Waals surface area (Å²) in [7, 11) is 4.58. The van der Waals surface area contributed by atoms with E-state index in [0.717, 1.165) is 0 Å². The molecule has 0 fully saturated rings. The molecule has 0 atom stereocenters. The zero-order valence-corrected chi connectivity index (χ0v) is 16.6. The summed E-state index contributed by atoms with van der Waals surface area (Å²) in [6, 6.07) is 9.30. The van der Waals surface area contributed by atoms with E-state index >= 15 is 0 Å². The van der Waals surface area contributed by atoms with E-state index < -0.39 is 0 Å². The Kier molecular flexibility index (Phi) is 4.89. The Hall–Kier alpha value is -3.46. The first kappa shape index (κ1) is 18.9. The van der Waals surface area contributed by atoms with Gasteiger partial charge in [-0.3, -0.25) is 4.79 Å². The number of methoxy groups -OCH3 is 3. The topological polar surface area (TPSA) is 75.0 Å². The van der Waals surface area contributed by atoms with Gasteiger partial charge in [-0.1, -0.05) is 11.3 Å². The molecule has 2 heterocycles. The number of aromatic nitrogens is 3. The fraction of sp³-hybridized carbons (Fsp3) is 0.150. The Bertz CT molecular complexity index is 1270. The molecule has 2 aromatic heterocycles. The molecular formula is C20H16FN3O4S. The molecule has 0 saturated carbocycles. The van der Waals surface area contributed by atoms with Gasteiger partial charge in [0.05, 0.1) is 25.9 Å². The molecule has 0 amide bonds. The lowest BCUT2D eigenvalue weighted by molar-refractivity contribution is 0.324. The van der Waals surface area contributed by atoms with Gasteiger partial charge in [-0.2, -0.15) is 9.50 Å². The number of thiazole rings is 1. The van der Waals surface area contributed by atoms with Crippen molar-refractivity contribution in [2.24, 2.45) is 0 Å². The quantitative estimate of drug-likeness (QED) is 0.501. The van der Waals surface area contributed by atoms with Crippen LogP contribution in [0, 0.1) is 5.82 Å². The molecule has 0 aliphatic heterocycles. The number of hydrogen-bond donors (Lipinski definition) is 0. The standard InChI is InChI=1S/C20H16FN3O4S/c1-26-14-8-11(9-15(27-2)17(14)28-3)10-16-19(25)24-20(29-16)22-18(23-24)12-4-6-13(21)7-5-12/h4-10H,1-3H3. The molecule has 0 radical (unpaired) electrons. The summed E-state index contributed by atoms with van der Waals surface area (Å²) in [5.41, 5.74) is 1.05. The molecule has 0 spiro atoms. The third kappa shape index (κ3) is 3.40. The third-order valence-electron chi connectivity index (χ3n) is 4.27. The normalized spacial score (nSPS) is 11.8. The maximum absolute atomic E-state index is 13.1. The second-order valence-corrected chi connectivity index (χ2v) is 7.02. The summed E-state index contributed by atoms with van der Waals surface area (Å²) in [5, 5.41) is 4.26. The maximum Gasteiger partial charge on any atom is 0.291 e. The number of hydrogen-bond acceptors (Lipinski definition) is 7. The molecule has 148 valence electrons. The van der Waals surface area contributed by atoms with Gasteiger partial charge < -0.3 is 14.2 Å². The van der Waals surface area contributed by atoms with E-state index in [0.29, 0.717) is 43.7 Å². The first-order valence-electron chi connectivity index (χ1n) is 8.51. The van der Waals surface area contributed by atoms with Gasteiger partial charge >= 0.3 is 0 Å². The van der Waals surface area contributed by atoms with Crippen LogP contribution in [0.3, 0.4) is 0 Å². The first-order valence-corrected chi connectivity index (χ1v) is 9.33. The summed E-state index contributed by atoms with van der Waals surface area (Å²) in [6.45, 7) is 0. The highest BCUT2D eigenvalue weighted by Crippen LogP contribution is 2.38. The van der Waals surface area contributed by atoms with Crippen LogP contribution in [0.1, 0.15) is 5.56 Å². The molecule has 0 saturated heterocycles. The lowest BCUT2D eigenvalue weighted by Gasteiger charge is -2.12. The van der Waals surface area contributed by atoms with Crippen molar-refractivity contribution < 1.29 is 18.6 Å². The number of rotatable bonds is 5. The highest BCUT2D eigenvalue weighted by atomic mass is 32.1. The van der Waals surface area contributed by atoms with Crippen molar-refractivity contribution in [3.05, 3.63) is 62.7 Å². The van der Waals surface area contributed by atoms with Gasteiger partial charge in [0.15, 0.2) is 17.3 Å². The van der Waals surface area contributed by atoms with Gasteiger partial charge in [-0.15, -0.1) is 5.10 Å². The Balaban J connectivity index is 1.80. The monoisotopic (exact) mass is 413 g/mol. The van der Waals surface area contributed by atoms with E-state index in [-0.39, 0.29) is 11.4 Å². The summed E-state index contributed by atoms with van der Waals surface area (Å²) in [5.74, 6) is 1.47. The van der Waals surface area contributed by atoms with Crippen LogP contribution in [0.25, 0.3) is 22.4 Å².